The molecule has 104 valence electrons. The van der Waals surface area contributed by atoms with Gasteiger partial charge in [0.15, 0.2) is 9.84 Å². The Morgan fingerprint density at radius 3 is 2.74 bits per heavy atom. The summed E-state index contributed by atoms with van der Waals surface area (Å²) in [5.41, 5.74) is 0.221. The van der Waals surface area contributed by atoms with Gasteiger partial charge < -0.3 is 10.4 Å². The van der Waals surface area contributed by atoms with Gasteiger partial charge in [0.25, 0.3) is 0 Å². The van der Waals surface area contributed by atoms with Crippen molar-refractivity contribution in [3.8, 4) is 0 Å². The fraction of sp³-hybridized carbons (Fsp3) is 0.417. The maximum atomic E-state index is 13.4. The maximum Gasteiger partial charge on any atom is 0.338 e. The van der Waals surface area contributed by atoms with Crippen LogP contribution in [0.25, 0.3) is 0 Å². The molecule has 0 aliphatic carbocycles. The van der Waals surface area contributed by atoms with E-state index < -0.39 is 21.6 Å². The molecule has 7 heteroatoms. The lowest BCUT2D eigenvalue weighted by molar-refractivity contribution is 0.0692. The molecule has 0 radical (unpaired) electrons. The summed E-state index contributed by atoms with van der Waals surface area (Å²) in [6.45, 7) is 0.316. The molecule has 0 saturated carbocycles. The largest absolute Gasteiger partial charge is 0.478 e. The van der Waals surface area contributed by atoms with Gasteiger partial charge in [-0.05, 0) is 24.1 Å². The second-order valence-electron chi connectivity index (χ2n) is 4.60. The Morgan fingerprint density at radius 2 is 2.21 bits per heavy atom. The minimum absolute atomic E-state index is 0.0999. The van der Waals surface area contributed by atoms with Crippen molar-refractivity contribution >= 4 is 15.8 Å². The van der Waals surface area contributed by atoms with Gasteiger partial charge in [0, 0.05) is 12.6 Å². The summed E-state index contributed by atoms with van der Waals surface area (Å²) in [5.74, 6) is -1.82. The van der Waals surface area contributed by atoms with Gasteiger partial charge >= 0.3 is 5.97 Å². The zero-order valence-electron chi connectivity index (χ0n) is 10.1. The highest BCUT2D eigenvalue weighted by molar-refractivity contribution is 7.91. The zero-order chi connectivity index (χ0) is 14.0. The Bertz CT molecular complexity index is 600. The number of carboxylic acids is 1. The lowest BCUT2D eigenvalue weighted by Gasteiger charge is -2.11. The van der Waals surface area contributed by atoms with Gasteiger partial charge in [0.2, 0.25) is 0 Å². The number of nitrogens with one attached hydrogen (secondary N) is 1. The van der Waals surface area contributed by atoms with E-state index in [0.29, 0.717) is 18.5 Å². The number of halogens is 1. The first-order valence-electron chi connectivity index (χ1n) is 5.83. The molecule has 0 amide bonds. The van der Waals surface area contributed by atoms with Gasteiger partial charge in [-0.25, -0.2) is 17.6 Å². The topological polar surface area (TPSA) is 83.5 Å². The molecule has 2 N–H and O–H groups in total. The van der Waals surface area contributed by atoms with Crippen molar-refractivity contribution in [2.75, 3.05) is 11.5 Å². The van der Waals surface area contributed by atoms with Crippen LogP contribution in [0.4, 0.5) is 4.39 Å². The predicted octanol–water partition coefficient (Wildman–Crippen LogP) is 0.801. The van der Waals surface area contributed by atoms with Crippen molar-refractivity contribution in [3.05, 3.63) is 35.1 Å². The van der Waals surface area contributed by atoms with Crippen LogP contribution in [0.3, 0.4) is 0 Å². The third-order valence-corrected chi connectivity index (χ3v) is 4.86. The summed E-state index contributed by atoms with van der Waals surface area (Å²) >= 11 is 0. The SMILES string of the molecule is O=C(O)c1ccc(CNC2CCS(=O)(=O)C2)cc1F. The average Bonchev–Trinajstić information content (AvgIpc) is 2.66. The van der Waals surface area contributed by atoms with E-state index in [-0.39, 0.29) is 23.1 Å². The van der Waals surface area contributed by atoms with Crippen LogP contribution in [0, 0.1) is 5.82 Å². The number of benzene rings is 1. The number of rotatable bonds is 4. The lowest BCUT2D eigenvalue weighted by atomic mass is 10.1. The summed E-state index contributed by atoms with van der Waals surface area (Å²) in [6, 6.07) is 3.76. The lowest BCUT2D eigenvalue weighted by Crippen LogP contribution is -2.29. The smallest absolute Gasteiger partial charge is 0.338 e. The van der Waals surface area contributed by atoms with Crippen LogP contribution in [0.15, 0.2) is 18.2 Å². The molecule has 1 fully saturated rings. The van der Waals surface area contributed by atoms with E-state index in [1.807, 2.05) is 0 Å². The zero-order valence-corrected chi connectivity index (χ0v) is 10.9. The molecular weight excluding hydrogens is 273 g/mol. The molecule has 1 aromatic carbocycles. The highest BCUT2D eigenvalue weighted by Crippen LogP contribution is 2.14. The Morgan fingerprint density at radius 1 is 1.47 bits per heavy atom. The second kappa shape index (κ2) is 5.26. The number of hydrogen-bond donors (Lipinski definition) is 2. The minimum Gasteiger partial charge on any atom is -0.478 e. The van der Waals surface area contributed by atoms with Crippen molar-refractivity contribution < 1.29 is 22.7 Å². The standard InChI is InChI=1S/C12H14FNO4S/c13-11-5-8(1-2-10(11)12(15)16)6-14-9-3-4-19(17,18)7-9/h1-2,5,9,14H,3-4,6-7H2,(H,15,16). The number of hydrogen-bond acceptors (Lipinski definition) is 4. The molecule has 1 aliphatic heterocycles. The molecule has 1 aliphatic rings. The quantitative estimate of drug-likeness (QED) is 0.856. The Balaban J connectivity index is 1.97. The molecule has 19 heavy (non-hydrogen) atoms. The number of sulfone groups is 1. The van der Waals surface area contributed by atoms with Gasteiger partial charge in [-0.1, -0.05) is 6.07 Å². The van der Waals surface area contributed by atoms with Crippen LogP contribution >= 0.6 is 0 Å². The molecule has 2 rings (SSSR count). The van der Waals surface area contributed by atoms with E-state index in [9.17, 15) is 17.6 Å². The molecular formula is C12H14FNO4S. The van der Waals surface area contributed by atoms with Crippen molar-refractivity contribution in [1.82, 2.24) is 5.32 Å². The van der Waals surface area contributed by atoms with Crippen LogP contribution in [-0.2, 0) is 16.4 Å². The average molecular weight is 287 g/mol. The van der Waals surface area contributed by atoms with Gasteiger partial charge in [-0.3, -0.25) is 0 Å². The van der Waals surface area contributed by atoms with Crippen molar-refractivity contribution in [3.63, 3.8) is 0 Å². The van der Waals surface area contributed by atoms with E-state index in [0.717, 1.165) is 6.07 Å². The molecule has 0 spiro atoms. The summed E-state index contributed by atoms with van der Waals surface area (Å²) < 4.78 is 35.9. The van der Waals surface area contributed by atoms with E-state index in [4.69, 9.17) is 5.11 Å². The van der Waals surface area contributed by atoms with Crippen LogP contribution in [0.5, 0.6) is 0 Å². The highest BCUT2D eigenvalue weighted by atomic mass is 32.2. The minimum atomic E-state index is -2.94. The fourth-order valence-electron chi connectivity index (χ4n) is 2.06. The van der Waals surface area contributed by atoms with Crippen LogP contribution in [-0.4, -0.2) is 37.0 Å². The Labute approximate surface area is 110 Å². The molecule has 0 bridgehead atoms. The monoisotopic (exact) mass is 287 g/mol. The number of carboxylic acid groups (broad SMARTS) is 1. The summed E-state index contributed by atoms with van der Waals surface area (Å²) in [6.07, 6.45) is 0.554. The highest BCUT2D eigenvalue weighted by Gasteiger charge is 2.27. The Hall–Kier alpha value is -1.47. The van der Waals surface area contributed by atoms with Crippen LogP contribution in [0.2, 0.25) is 0 Å². The summed E-state index contributed by atoms with van der Waals surface area (Å²) in [7, 11) is -2.94. The van der Waals surface area contributed by atoms with Crippen LogP contribution < -0.4 is 5.32 Å². The molecule has 1 unspecified atom stereocenters. The third kappa shape index (κ3) is 3.51. The van der Waals surface area contributed by atoms with Crippen LogP contribution in [0.1, 0.15) is 22.3 Å². The second-order valence-corrected chi connectivity index (χ2v) is 6.83. The molecule has 1 aromatic rings. The third-order valence-electron chi connectivity index (χ3n) is 3.09. The van der Waals surface area contributed by atoms with Crippen molar-refractivity contribution in [2.24, 2.45) is 0 Å². The van der Waals surface area contributed by atoms with Gasteiger partial charge in [-0.2, -0.15) is 0 Å². The number of carbonyl (C=O) groups is 1. The molecule has 1 saturated heterocycles. The fourth-order valence-corrected chi connectivity index (χ4v) is 3.77. The molecule has 5 nitrogen and oxygen atoms in total. The van der Waals surface area contributed by atoms with E-state index >= 15 is 0 Å². The maximum absolute atomic E-state index is 13.4. The number of aromatic carboxylic acids is 1. The van der Waals surface area contributed by atoms with Gasteiger partial charge in [-0.15, -0.1) is 0 Å². The summed E-state index contributed by atoms with van der Waals surface area (Å²) in [4.78, 5) is 10.6. The van der Waals surface area contributed by atoms with E-state index in [1.54, 1.807) is 0 Å². The molecule has 1 atom stereocenters. The Kier molecular flexibility index (Phi) is 3.86. The van der Waals surface area contributed by atoms with E-state index in [1.165, 1.54) is 12.1 Å². The van der Waals surface area contributed by atoms with Gasteiger partial charge in [0.05, 0.1) is 17.1 Å². The summed E-state index contributed by atoms with van der Waals surface area (Å²) in [5, 5.41) is 11.7. The van der Waals surface area contributed by atoms with Crippen molar-refractivity contribution in [2.45, 2.75) is 19.0 Å². The normalized spacial score (nSPS) is 21.4. The predicted molar refractivity (Wildman–Crippen MR) is 67.3 cm³/mol. The first-order valence-corrected chi connectivity index (χ1v) is 7.65. The first-order chi connectivity index (χ1) is 8.87. The molecule has 0 aromatic heterocycles. The first kappa shape index (κ1) is 14.0. The van der Waals surface area contributed by atoms with Crippen molar-refractivity contribution in [1.29, 1.82) is 0 Å². The van der Waals surface area contributed by atoms with Gasteiger partial charge in [0.1, 0.15) is 5.82 Å². The molecule has 1 heterocycles. The van der Waals surface area contributed by atoms with E-state index in [2.05, 4.69) is 5.32 Å².